The van der Waals surface area contributed by atoms with E-state index in [-0.39, 0.29) is 17.1 Å². The summed E-state index contributed by atoms with van der Waals surface area (Å²) in [6.07, 6.45) is 0. The molecule has 2 heterocycles. The SMILES string of the molecule is CC(C)CNc1nc2c(c(=O)n(C)c(=O)n2C)n1CC(=O)O. The number of aliphatic carboxylic acids is 1. The van der Waals surface area contributed by atoms with Gasteiger partial charge < -0.3 is 10.4 Å². The fourth-order valence-electron chi connectivity index (χ4n) is 2.17. The largest absolute Gasteiger partial charge is 0.480 e. The van der Waals surface area contributed by atoms with Crippen molar-refractivity contribution in [2.24, 2.45) is 20.0 Å². The zero-order valence-electron chi connectivity index (χ0n) is 13.0. The number of anilines is 1. The van der Waals surface area contributed by atoms with Gasteiger partial charge in [-0.1, -0.05) is 13.8 Å². The Bertz CT molecular complexity index is 843. The highest BCUT2D eigenvalue weighted by Gasteiger charge is 2.20. The Hall–Kier alpha value is -2.58. The molecule has 0 radical (unpaired) electrons. The highest BCUT2D eigenvalue weighted by Crippen LogP contribution is 2.15. The van der Waals surface area contributed by atoms with Gasteiger partial charge in [0.25, 0.3) is 5.56 Å². The van der Waals surface area contributed by atoms with Crippen LogP contribution >= 0.6 is 0 Å². The number of rotatable bonds is 5. The fourth-order valence-corrected chi connectivity index (χ4v) is 2.17. The smallest absolute Gasteiger partial charge is 0.332 e. The van der Waals surface area contributed by atoms with Gasteiger partial charge >= 0.3 is 11.7 Å². The lowest BCUT2D eigenvalue weighted by Gasteiger charge is -2.10. The predicted octanol–water partition coefficient (Wildman–Crippen LogP) is -0.414. The second-order valence-corrected chi connectivity index (χ2v) is 5.57. The van der Waals surface area contributed by atoms with E-state index in [1.807, 2.05) is 13.8 Å². The molecule has 2 aromatic rings. The minimum Gasteiger partial charge on any atom is -0.480 e. The summed E-state index contributed by atoms with van der Waals surface area (Å²) in [7, 11) is 2.85. The zero-order chi connectivity index (χ0) is 16.6. The maximum atomic E-state index is 12.3. The number of hydrogen-bond acceptors (Lipinski definition) is 5. The van der Waals surface area contributed by atoms with Crippen LogP contribution in [0, 0.1) is 5.92 Å². The molecule has 0 amide bonds. The Labute approximate surface area is 125 Å². The molecule has 0 unspecified atom stereocenters. The lowest BCUT2D eigenvalue weighted by Crippen LogP contribution is -2.37. The molecular weight excluding hydrogens is 290 g/mol. The van der Waals surface area contributed by atoms with Gasteiger partial charge in [-0.3, -0.25) is 23.3 Å². The molecule has 22 heavy (non-hydrogen) atoms. The van der Waals surface area contributed by atoms with Crippen LogP contribution in [0.1, 0.15) is 13.8 Å². The number of aromatic nitrogens is 4. The van der Waals surface area contributed by atoms with Crippen molar-refractivity contribution in [1.29, 1.82) is 0 Å². The second kappa shape index (κ2) is 5.66. The topological polar surface area (TPSA) is 111 Å². The van der Waals surface area contributed by atoms with Crippen molar-refractivity contribution >= 4 is 23.1 Å². The minimum absolute atomic E-state index is 0.0956. The van der Waals surface area contributed by atoms with Gasteiger partial charge in [-0.05, 0) is 5.92 Å². The van der Waals surface area contributed by atoms with Crippen molar-refractivity contribution in [1.82, 2.24) is 18.7 Å². The first kappa shape index (κ1) is 15.8. The molecule has 0 atom stereocenters. The highest BCUT2D eigenvalue weighted by molar-refractivity contribution is 5.77. The van der Waals surface area contributed by atoms with Crippen LogP contribution < -0.4 is 16.6 Å². The number of carbonyl (C=O) groups is 1. The maximum absolute atomic E-state index is 12.3. The molecule has 2 N–H and O–H groups in total. The lowest BCUT2D eigenvalue weighted by molar-refractivity contribution is -0.137. The van der Waals surface area contributed by atoms with Crippen molar-refractivity contribution in [2.75, 3.05) is 11.9 Å². The normalized spacial score (nSPS) is 11.3. The summed E-state index contributed by atoms with van der Waals surface area (Å²) in [5.41, 5.74) is -0.809. The summed E-state index contributed by atoms with van der Waals surface area (Å²) in [6.45, 7) is 4.14. The number of aryl methyl sites for hydroxylation is 1. The van der Waals surface area contributed by atoms with Crippen molar-refractivity contribution in [3.63, 3.8) is 0 Å². The monoisotopic (exact) mass is 309 g/mol. The number of carboxylic acid groups (broad SMARTS) is 1. The van der Waals surface area contributed by atoms with Gasteiger partial charge in [-0.25, -0.2) is 4.79 Å². The van der Waals surface area contributed by atoms with E-state index in [9.17, 15) is 14.4 Å². The number of carboxylic acids is 1. The van der Waals surface area contributed by atoms with Crippen molar-refractivity contribution < 1.29 is 9.90 Å². The zero-order valence-corrected chi connectivity index (χ0v) is 13.0. The van der Waals surface area contributed by atoms with Gasteiger partial charge in [0.05, 0.1) is 0 Å². The van der Waals surface area contributed by atoms with E-state index in [1.165, 1.54) is 23.2 Å². The van der Waals surface area contributed by atoms with Gasteiger partial charge in [0.2, 0.25) is 5.95 Å². The Balaban J connectivity index is 2.77. The van der Waals surface area contributed by atoms with Gasteiger partial charge in [0.1, 0.15) is 6.54 Å². The van der Waals surface area contributed by atoms with E-state index in [0.717, 1.165) is 4.57 Å². The summed E-state index contributed by atoms with van der Waals surface area (Å²) in [4.78, 5) is 39.6. The Morgan fingerprint density at radius 3 is 2.45 bits per heavy atom. The quantitative estimate of drug-likeness (QED) is 0.776. The van der Waals surface area contributed by atoms with Gasteiger partial charge in [-0.2, -0.15) is 4.98 Å². The second-order valence-electron chi connectivity index (χ2n) is 5.57. The first-order valence-electron chi connectivity index (χ1n) is 6.86. The molecule has 0 aliphatic rings. The molecule has 0 aliphatic heterocycles. The lowest BCUT2D eigenvalue weighted by atomic mass is 10.2. The van der Waals surface area contributed by atoms with Crippen LogP contribution in [-0.2, 0) is 25.4 Å². The summed E-state index contributed by atoms with van der Waals surface area (Å²) in [5, 5.41) is 12.1. The third kappa shape index (κ3) is 2.61. The van der Waals surface area contributed by atoms with E-state index >= 15 is 0 Å². The van der Waals surface area contributed by atoms with Gasteiger partial charge in [-0.15, -0.1) is 0 Å². The highest BCUT2D eigenvalue weighted by atomic mass is 16.4. The molecule has 0 spiro atoms. The van der Waals surface area contributed by atoms with Crippen LogP contribution in [0.3, 0.4) is 0 Å². The first-order valence-corrected chi connectivity index (χ1v) is 6.86. The summed E-state index contributed by atoms with van der Waals surface area (Å²) in [6, 6.07) is 0. The van der Waals surface area contributed by atoms with Crippen LogP contribution in [0.15, 0.2) is 9.59 Å². The van der Waals surface area contributed by atoms with E-state index in [1.54, 1.807) is 0 Å². The summed E-state index contributed by atoms with van der Waals surface area (Å²) < 4.78 is 3.46. The molecule has 0 bridgehead atoms. The van der Waals surface area contributed by atoms with E-state index in [4.69, 9.17) is 5.11 Å². The van der Waals surface area contributed by atoms with Crippen LogP contribution in [0.25, 0.3) is 11.2 Å². The Morgan fingerprint density at radius 1 is 1.27 bits per heavy atom. The Kier molecular flexibility index (Phi) is 4.07. The number of nitrogens with zero attached hydrogens (tertiary/aromatic N) is 4. The third-order valence-electron chi connectivity index (χ3n) is 3.31. The van der Waals surface area contributed by atoms with Crippen LogP contribution in [0.2, 0.25) is 0 Å². The van der Waals surface area contributed by atoms with Crippen LogP contribution in [0.5, 0.6) is 0 Å². The molecule has 9 nitrogen and oxygen atoms in total. The Morgan fingerprint density at radius 2 is 1.91 bits per heavy atom. The third-order valence-corrected chi connectivity index (χ3v) is 3.31. The van der Waals surface area contributed by atoms with E-state index < -0.39 is 23.8 Å². The molecule has 0 aliphatic carbocycles. The van der Waals surface area contributed by atoms with E-state index in [2.05, 4.69) is 10.3 Å². The molecule has 0 aromatic carbocycles. The van der Waals surface area contributed by atoms with Crippen LogP contribution in [0.4, 0.5) is 5.95 Å². The average Bonchev–Trinajstić information content (AvgIpc) is 2.78. The molecule has 2 rings (SSSR count). The number of nitrogens with one attached hydrogen (secondary N) is 1. The van der Waals surface area contributed by atoms with Crippen molar-refractivity contribution in [3.8, 4) is 0 Å². The molecule has 0 saturated carbocycles. The fraction of sp³-hybridized carbons (Fsp3) is 0.538. The van der Waals surface area contributed by atoms with Crippen LogP contribution in [-0.4, -0.2) is 36.3 Å². The summed E-state index contributed by atoms with van der Waals surface area (Å²) >= 11 is 0. The van der Waals surface area contributed by atoms with Crippen molar-refractivity contribution in [3.05, 3.63) is 20.8 Å². The summed E-state index contributed by atoms with van der Waals surface area (Å²) in [5.74, 6) is -0.517. The number of imidazole rings is 1. The van der Waals surface area contributed by atoms with Gasteiger partial charge in [0.15, 0.2) is 11.2 Å². The maximum Gasteiger partial charge on any atom is 0.332 e. The molecule has 0 saturated heterocycles. The van der Waals surface area contributed by atoms with E-state index in [0.29, 0.717) is 12.5 Å². The number of fused-ring (bicyclic) bond motifs is 1. The number of hydrogen-bond donors (Lipinski definition) is 2. The first-order chi connectivity index (χ1) is 10.2. The van der Waals surface area contributed by atoms with Gasteiger partial charge in [0, 0.05) is 20.6 Å². The molecule has 9 heteroatoms. The predicted molar refractivity (Wildman–Crippen MR) is 81.2 cm³/mol. The standard InChI is InChI=1S/C13H19N5O4/c1-7(2)5-14-12-15-10-9(18(12)6-8(19)20)11(21)17(4)13(22)16(10)3/h7H,5-6H2,1-4H3,(H,14,15)(H,19,20). The molecule has 2 aromatic heterocycles. The molecule has 0 fully saturated rings. The van der Waals surface area contributed by atoms with Crippen molar-refractivity contribution in [2.45, 2.75) is 20.4 Å². The molecule has 120 valence electrons. The minimum atomic E-state index is -1.09. The molecular formula is C13H19N5O4. The average molecular weight is 309 g/mol.